The van der Waals surface area contributed by atoms with Crippen molar-refractivity contribution in [2.24, 2.45) is 0 Å². The van der Waals surface area contributed by atoms with E-state index in [1.165, 1.54) is 44.9 Å². The summed E-state index contributed by atoms with van der Waals surface area (Å²) in [6.45, 7) is 2.23. The molecule has 3 radical (unpaired) electrons. The molecule has 0 aromatic carbocycles. The van der Waals surface area contributed by atoms with Crippen molar-refractivity contribution in [3.8, 4) is 0 Å². The Morgan fingerprint density at radius 2 is 1.33 bits per heavy atom. The molecule has 0 aliphatic carbocycles. The number of carboxylic acids is 1. The molecule has 1 N–H and O–H groups in total. The van der Waals surface area contributed by atoms with E-state index in [-0.39, 0.29) is 26.2 Å². The molecule has 3 heteroatoms. The summed E-state index contributed by atoms with van der Waals surface area (Å²) in [6, 6.07) is 0. The summed E-state index contributed by atoms with van der Waals surface area (Å²) in [6.07, 6.45) is 22.3. The smallest absolute Gasteiger partial charge is 0.303 e. The van der Waals surface area contributed by atoms with Gasteiger partial charge < -0.3 is 5.11 Å². The first-order valence-corrected chi connectivity index (χ1v) is 8.29. The number of hydrogen-bond acceptors (Lipinski definition) is 1. The molecule has 0 heterocycles. The van der Waals surface area contributed by atoms with E-state index >= 15 is 0 Å². The number of hydrogen-bond donors (Lipinski definition) is 1. The van der Waals surface area contributed by atoms with Crippen molar-refractivity contribution in [3.05, 3.63) is 24.3 Å². The van der Waals surface area contributed by atoms with Crippen LogP contribution in [0.15, 0.2) is 24.3 Å². The van der Waals surface area contributed by atoms with E-state index in [0.717, 1.165) is 25.7 Å². The summed E-state index contributed by atoms with van der Waals surface area (Å²) in [5.74, 6) is -0.671. The Labute approximate surface area is 150 Å². The summed E-state index contributed by atoms with van der Waals surface area (Å²) in [5.41, 5.74) is 0. The van der Waals surface area contributed by atoms with Gasteiger partial charge in [0.1, 0.15) is 0 Å². The summed E-state index contributed by atoms with van der Waals surface area (Å²) < 4.78 is 0. The van der Waals surface area contributed by atoms with Gasteiger partial charge in [-0.25, -0.2) is 0 Å². The van der Waals surface area contributed by atoms with Crippen LogP contribution in [0.1, 0.15) is 84.0 Å². The zero-order valence-corrected chi connectivity index (χ0v) is 17.1. The van der Waals surface area contributed by atoms with Crippen molar-refractivity contribution < 1.29 is 9.90 Å². The van der Waals surface area contributed by atoms with E-state index in [9.17, 15) is 4.79 Å². The quantitative estimate of drug-likeness (QED) is 0.199. The van der Waals surface area contributed by atoms with Crippen molar-refractivity contribution in [1.82, 2.24) is 0 Å². The van der Waals surface area contributed by atoms with Crippen LogP contribution < -0.4 is 0 Å². The molecule has 0 amide bonds. The van der Waals surface area contributed by atoms with Crippen LogP contribution in [0.4, 0.5) is 0 Å². The summed E-state index contributed by atoms with van der Waals surface area (Å²) in [5, 5.41) is 8.50. The zero-order chi connectivity index (χ0) is 14.9. The molecule has 0 unspecified atom stereocenters. The third-order valence-electron chi connectivity index (χ3n) is 3.34. The molecule has 0 saturated carbocycles. The van der Waals surface area contributed by atoms with E-state index in [0.29, 0.717) is 6.42 Å². The third-order valence-corrected chi connectivity index (χ3v) is 3.34. The van der Waals surface area contributed by atoms with Crippen LogP contribution in [0.5, 0.6) is 0 Å². The van der Waals surface area contributed by atoms with Crippen LogP contribution in [0.3, 0.4) is 0 Å². The van der Waals surface area contributed by atoms with Gasteiger partial charge >= 0.3 is 5.97 Å². The van der Waals surface area contributed by atoms with Crippen LogP contribution in [0, 0.1) is 0 Å². The van der Waals surface area contributed by atoms with Gasteiger partial charge in [-0.1, -0.05) is 63.3 Å². The van der Waals surface area contributed by atoms with E-state index in [4.69, 9.17) is 5.11 Å². The molecular weight excluding hydrogens is 457 g/mol. The predicted molar refractivity (Wildman–Crippen MR) is 92.7 cm³/mol. The van der Waals surface area contributed by atoms with Crippen LogP contribution in [-0.4, -0.2) is 37.3 Å². The molecule has 2 nitrogen and oxygen atoms in total. The molecule has 0 rings (SSSR count). The molecule has 0 atom stereocenters. The van der Waals surface area contributed by atoms with Gasteiger partial charge in [0.15, 0.2) is 0 Å². The fraction of sp³-hybridized carbons (Fsp3) is 0.722. The van der Waals surface area contributed by atoms with Crippen molar-refractivity contribution in [1.29, 1.82) is 0 Å². The number of carboxylic acid groups (broad SMARTS) is 1. The Kier molecular flexibility index (Phi) is 21.8. The largest absolute Gasteiger partial charge is 0.481 e. The molecule has 0 saturated heterocycles. The fourth-order valence-electron chi connectivity index (χ4n) is 2.09. The number of carbonyl (C=O) groups is 1. The van der Waals surface area contributed by atoms with Crippen molar-refractivity contribution >= 4 is 32.2 Å². The molecule has 0 aliphatic rings. The van der Waals surface area contributed by atoms with E-state index in [2.05, 4.69) is 31.2 Å². The zero-order valence-electron chi connectivity index (χ0n) is 13.6. The summed E-state index contributed by atoms with van der Waals surface area (Å²) >= 11 is 0. The first kappa shape index (κ1) is 23.1. The molecular formula is C18H32BiO2. The topological polar surface area (TPSA) is 37.3 Å². The Morgan fingerprint density at radius 3 is 1.90 bits per heavy atom. The minimum absolute atomic E-state index is 0. The van der Waals surface area contributed by atoms with Gasteiger partial charge in [-0.2, -0.15) is 0 Å². The molecule has 0 bridgehead atoms. The normalized spacial score (nSPS) is 11.1. The number of allylic oxidation sites excluding steroid dienone is 4. The van der Waals surface area contributed by atoms with Crippen LogP contribution >= 0.6 is 0 Å². The van der Waals surface area contributed by atoms with Crippen molar-refractivity contribution in [3.63, 3.8) is 0 Å². The average Bonchev–Trinajstić information content (AvgIpc) is 2.43. The van der Waals surface area contributed by atoms with Crippen molar-refractivity contribution in [2.75, 3.05) is 0 Å². The molecule has 0 aromatic rings. The number of aliphatic carboxylic acids is 1. The first-order chi connectivity index (χ1) is 9.77. The maximum atomic E-state index is 10.3. The van der Waals surface area contributed by atoms with E-state index in [1.54, 1.807) is 0 Å². The maximum absolute atomic E-state index is 10.3. The average molecular weight is 489 g/mol. The van der Waals surface area contributed by atoms with Crippen molar-refractivity contribution in [2.45, 2.75) is 84.0 Å². The fourth-order valence-corrected chi connectivity index (χ4v) is 2.09. The molecule has 121 valence electrons. The second-order valence-electron chi connectivity index (χ2n) is 5.37. The Bertz CT molecular complexity index is 272. The van der Waals surface area contributed by atoms with Gasteiger partial charge in [-0.05, 0) is 38.5 Å². The molecule has 0 fully saturated rings. The van der Waals surface area contributed by atoms with Gasteiger partial charge in [0, 0.05) is 32.6 Å². The van der Waals surface area contributed by atoms with Crippen LogP contribution in [-0.2, 0) is 4.79 Å². The van der Waals surface area contributed by atoms with E-state index in [1.807, 2.05) is 0 Å². The summed E-state index contributed by atoms with van der Waals surface area (Å²) in [7, 11) is 0. The van der Waals surface area contributed by atoms with Gasteiger partial charge in [0.05, 0.1) is 0 Å². The monoisotopic (exact) mass is 489 g/mol. The summed E-state index contributed by atoms with van der Waals surface area (Å²) in [4.78, 5) is 10.3. The third kappa shape index (κ3) is 22.3. The van der Waals surface area contributed by atoms with Crippen LogP contribution in [0.2, 0.25) is 0 Å². The minimum Gasteiger partial charge on any atom is -0.481 e. The van der Waals surface area contributed by atoms with Gasteiger partial charge in [-0.15, -0.1) is 0 Å². The predicted octanol–water partition coefficient (Wildman–Crippen LogP) is 5.50. The Balaban J connectivity index is 0. The van der Waals surface area contributed by atoms with E-state index < -0.39 is 5.97 Å². The Morgan fingerprint density at radius 1 is 0.810 bits per heavy atom. The van der Waals surface area contributed by atoms with Gasteiger partial charge in [0.25, 0.3) is 0 Å². The second-order valence-corrected chi connectivity index (χ2v) is 5.37. The van der Waals surface area contributed by atoms with Gasteiger partial charge in [0.2, 0.25) is 0 Å². The molecule has 0 aliphatic heterocycles. The molecule has 21 heavy (non-hydrogen) atoms. The SMILES string of the molecule is CCCCC/C=C\C/C=C\CCCCCCCC(=O)O.[Bi]. The second kappa shape index (κ2) is 19.8. The Hall–Kier alpha value is -0.167. The first-order valence-electron chi connectivity index (χ1n) is 8.29. The maximum Gasteiger partial charge on any atom is 0.303 e. The number of rotatable bonds is 14. The molecule has 0 aromatic heterocycles. The van der Waals surface area contributed by atoms with Crippen LogP contribution in [0.25, 0.3) is 0 Å². The van der Waals surface area contributed by atoms with Gasteiger partial charge in [-0.3, -0.25) is 4.79 Å². The minimum atomic E-state index is -0.671. The standard InChI is InChI=1S/C18H32O2.Bi/c1-2-3-4-5-6-7-8-9-10-11-12-13-14-15-16-17-18(19)20;/h6-7,9-10H,2-5,8,11-17H2,1H3,(H,19,20);/b7-6-,10-9-;. The molecule has 0 spiro atoms. The number of unbranched alkanes of at least 4 members (excludes halogenated alkanes) is 8.